The molecule has 1 aliphatic heterocycles. The monoisotopic (exact) mass is 143 g/mol. The number of nitrogens with zero attached hydrogens (tertiary/aromatic N) is 1. The van der Waals surface area contributed by atoms with Gasteiger partial charge in [-0.25, -0.2) is 0 Å². The van der Waals surface area contributed by atoms with Crippen LogP contribution >= 0.6 is 11.8 Å². The smallest absolute Gasteiger partial charge is 0.0681 e. The Labute approximate surface area is 60.9 Å². The third-order valence-corrected chi connectivity index (χ3v) is 2.89. The van der Waals surface area contributed by atoms with E-state index >= 15 is 0 Å². The number of aliphatic imine (C=N–C) groups is 1. The molecule has 1 heterocycles. The highest BCUT2D eigenvalue weighted by atomic mass is 32.2. The molecule has 0 N–H and O–H groups in total. The molecule has 0 bridgehead atoms. The molecule has 9 heavy (non-hydrogen) atoms. The lowest BCUT2D eigenvalue weighted by Crippen LogP contribution is -2.15. The number of thioether (sulfide) groups is 1. The summed E-state index contributed by atoms with van der Waals surface area (Å²) >= 11 is 1.90. The Morgan fingerprint density at radius 2 is 2.33 bits per heavy atom. The van der Waals surface area contributed by atoms with Gasteiger partial charge in [0.25, 0.3) is 0 Å². The van der Waals surface area contributed by atoms with Gasteiger partial charge in [0, 0.05) is 5.75 Å². The summed E-state index contributed by atoms with van der Waals surface area (Å²) in [5, 5.41) is 1.32. The maximum absolute atomic E-state index is 4.52. The Balaban J connectivity index is 2.61. The van der Waals surface area contributed by atoms with Crippen LogP contribution in [0.5, 0.6) is 0 Å². The van der Waals surface area contributed by atoms with Gasteiger partial charge < -0.3 is 0 Å². The van der Waals surface area contributed by atoms with Gasteiger partial charge in [0.05, 0.1) is 10.6 Å². The molecule has 0 saturated heterocycles. The standard InChI is InChI=1S/C7H13NS/c1-4-6-8-7(2,3)5-9-6/h4-5H2,1-3H3. The normalized spacial score (nSPS) is 24.1. The number of hydrogen-bond acceptors (Lipinski definition) is 2. The zero-order chi connectivity index (χ0) is 6.91. The topological polar surface area (TPSA) is 12.4 Å². The number of hydrogen-bond donors (Lipinski definition) is 0. The molecule has 0 fully saturated rings. The van der Waals surface area contributed by atoms with E-state index in [1.807, 2.05) is 11.8 Å². The van der Waals surface area contributed by atoms with E-state index in [2.05, 4.69) is 25.8 Å². The highest BCUT2D eigenvalue weighted by Crippen LogP contribution is 2.27. The fourth-order valence-electron chi connectivity index (χ4n) is 0.843. The fourth-order valence-corrected chi connectivity index (χ4v) is 1.94. The van der Waals surface area contributed by atoms with Crippen molar-refractivity contribution < 1.29 is 0 Å². The maximum atomic E-state index is 4.52. The third kappa shape index (κ3) is 1.71. The molecule has 0 saturated carbocycles. The first-order chi connectivity index (χ1) is 4.14. The molecule has 2 heteroatoms. The first kappa shape index (κ1) is 7.13. The minimum atomic E-state index is 0.218. The molecule has 0 aliphatic carbocycles. The predicted molar refractivity (Wildman–Crippen MR) is 44.3 cm³/mol. The van der Waals surface area contributed by atoms with Crippen LogP contribution in [0.1, 0.15) is 27.2 Å². The van der Waals surface area contributed by atoms with Crippen molar-refractivity contribution in [2.45, 2.75) is 32.7 Å². The fraction of sp³-hybridized carbons (Fsp3) is 0.857. The van der Waals surface area contributed by atoms with Gasteiger partial charge in [0.2, 0.25) is 0 Å². The molecule has 0 aromatic rings. The zero-order valence-corrected chi connectivity index (χ0v) is 7.09. The van der Waals surface area contributed by atoms with E-state index < -0.39 is 0 Å². The Morgan fingerprint density at radius 3 is 2.56 bits per heavy atom. The molecule has 0 amide bonds. The highest BCUT2D eigenvalue weighted by molar-refractivity contribution is 8.14. The van der Waals surface area contributed by atoms with Gasteiger partial charge >= 0.3 is 0 Å². The van der Waals surface area contributed by atoms with Gasteiger partial charge in [-0.05, 0) is 20.3 Å². The molecule has 1 nitrogen and oxygen atoms in total. The predicted octanol–water partition coefficient (Wildman–Crippen LogP) is 2.32. The summed E-state index contributed by atoms with van der Waals surface area (Å²) in [7, 11) is 0. The largest absolute Gasteiger partial charge is 0.276 e. The molecule has 0 radical (unpaired) electrons. The quantitative estimate of drug-likeness (QED) is 0.548. The van der Waals surface area contributed by atoms with Crippen LogP contribution in [0.3, 0.4) is 0 Å². The van der Waals surface area contributed by atoms with Crippen LogP contribution in [0.2, 0.25) is 0 Å². The van der Waals surface area contributed by atoms with E-state index in [0.29, 0.717) is 0 Å². The highest BCUT2D eigenvalue weighted by Gasteiger charge is 2.23. The molecule has 0 unspecified atom stereocenters. The van der Waals surface area contributed by atoms with E-state index in [4.69, 9.17) is 0 Å². The van der Waals surface area contributed by atoms with Crippen LogP contribution in [0.15, 0.2) is 4.99 Å². The lowest BCUT2D eigenvalue weighted by atomic mass is 10.1. The van der Waals surface area contributed by atoms with E-state index in [-0.39, 0.29) is 5.54 Å². The van der Waals surface area contributed by atoms with Crippen molar-refractivity contribution in [1.29, 1.82) is 0 Å². The summed E-state index contributed by atoms with van der Waals surface area (Å²) in [6.07, 6.45) is 1.11. The minimum absolute atomic E-state index is 0.218. The first-order valence-electron chi connectivity index (χ1n) is 3.35. The molecular weight excluding hydrogens is 130 g/mol. The summed E-state index contributed by atoms with van der Waals surface area (Å²) in [6, 6.07) is 0. The Bertz CT molecular complexity index is 138. The third-order valence-electron chi connectivity index (χ3n) is 1.32. The van der Waals surface area contributed by atoms with Gasteiger partial charge in [-0.2, -0.15) is 0 Å². The Kier molecular flexibility index (Phi) is 1.85. The number of rotatable bonds is 1. The van der Waals surface area contributed by atoms with Crippen LogP contribution in [0, 0.1) is 0 Å². The molecule has 0 aromatic heterocycles. The van der Waals surface area contributed by atoms with Gasteiger partial charge in [0.1, 0.15) is 0 Å². The second-order valence-electron chi connectivity index (χ2n) is 2.96. The molecular formula is C7H13NS. The SMILES string of the molecule is CCC1=NC(C)(C)CS1. The van der Waals surface area contributed by atoms with Crippen LogP contribution in [-0.4, -0.2) is 16.3 Å². The first-order valence-corrected chi connectivity index (χ1v) is 4.34. The average molecular weight is 143 g/mol. The van der Waals surface area contributed by atoms with Crippen molar-refractivity contribution >= 4 is 16.8 Å². The van der Waals surface area contributed by atoms with Crippen molar-refractivity contribution in [2.24, 2.45) is 4.99 Å². The van der Waals surface area contributed by atoms with Gasteiger partial charge in [0.15, 0.2) is 0 Å². The summed E-state index contributed by atoms with van der Waals surface area (Å²) in [4.78, 5) is 4.52. The lowest BCUT2D eigenvalue weighted by molar-refractivity contribution is 0.604. The molecule has 52 valence electrons. The van der Waals surface area contributed by atoms with Crippen LogP contribution < -0.4 is 0 Å². The minimum Gasteiger partial charge on any atom is -0.276 e. The van der Waals surface area contributed by atoms with Gasteiger partial charge in [-0.3, -0.25) is 4.99 Å². The van der Waals surface area contributed by atoms with Crippen LogP contribution in [0.25, 0.3) is 0 Å². The molecule has 0 atom stereocenters. The van der Waals surface area contributed by atoms with Crippen molar-refractivity contribution in [3.8, 4) is 0 Å². The molecule has 1 rings (SSSR count). The van der Waals surface area contributed by atoms with E-state index in [1.54, 1.807) is 0 Å². The maximum Gasteiger partial charge on any atom is 0.0681 e. The van der Waals surface area contributed by atoms with Crippen molar-refractivity contribution in [1.82, 2.24) is 0 Å². The average Bonchev–Trinajstić information content (AvgIpc) is 2.10. The Morgan fingerprint density at radius 1 is 1.67 bits per heavy atom. The Hall–Kier alpha value is 0.0200. The summed E-state index contributed by atoms with van der Waals surface area (Å²) in [5.41, 5.74) is 0.218. The van der Waals surface area contributed by atoms with Crippen LogP contribution in [0.4, 0.5) is 0 Å². The van der Waals surface area contributed by atoms with Crippen molar-refractivity contribution in [3.63, 3.8) is 0 Å². The van der Waals surface area contributed by atoms with Crippen molar-refractivity contribution in [2.75, 3.05) is 5.75 Å². The second kappa shape index (κ2) is 2.33. The molecule has 0 spiro atoms. The van der Waals surface area contributed by atoms with Gasteiger partial charge in [-0.1, -0.05) is 6.92 Å². The van der Waals surface area contributed by atoms with Gasteiger partial charge in [-0.15, -0.1) is 11.8 Å². The lowest BCUT2D eigenvalue weighted by Gasteiger charge is -2.09. The summed E-state index contributed by atoms with van der Waals surface area (Å²) in [5.74, 6) is 1.16. The molecule has 0 aromatic carbocycles. The van der Waals surface area contributed by atoms with Crippen LogP contribution in [-0.2, 0) is 0 Å². The van der Waals surface area contributed by atoms with E-state index in [9.17, 15) is 0 Å². The zero-order valence-electron chi connectivity index (χ0n) is 6.27. The second-order valence-corrected chi connectivity index (χ2v) is 4.01. The summed E-state index contributed by atoms with van der Waals surface area (Å²) in [6.45, 7) is 6.53. The van der Waals surface area contributed by atoms with E-state index in [0.717, 1.165) is 12.2 Å². The van der Waals surface area contributed by atoms with E-state index in [1.165, 1.54) is 5.04 Å². The summed E-state index contributed by atoms with van der Waals surface area (Å²) < 4.78 is 0. The van der Waals surface area contributed by atoms with Crippen molar-refractivity contribution in [3.05, 3.63) is 0 Å². The molecule has 1 aliphatic rings.